The van der Waals surface area contributed by atoms with E-state index in [9.17, 15) is 9.90 Å². The number of carboxylic acid groups (broad SMARTS) is 1. The van der Waals surface area contributed by atoms with Gasteiger partial charge in [-0.05, 0) is 30.4 Å². The standard InChI is InChI=1S/C18H23N3O3/c1-21-15(7-16(20-21)17(23)24)10-19-11-18(12-22)8-14(9-18)13-5-3-2-4-6-13/h2-7,14,19,22H,8-12H2,1H3,(H,23,24). The van der Waals surface area contributed by atoms with Crippen LogP contribution in [0.3, 0.4) is 0 Å². The predicted molar refractivity (Wildman–Crippen MR) is 89.8 cm³/mol. The molecule has 1 aromatic heterocycles. The molecule has 3 N–H and O–H groups in total. The van der Waals surface area contributed by atoms with Gasteiger partial charge in [0, 0.05) is 32.2 Å². The van der Waals surface area contributed by atoms with Crippen LogP contribution in [0.25, 0.3) is 0 Å². The van der Waals surface area contributed by atoms with Gasteiger partial charge in [0.25, 0.3) is 0 Å². The van der Waals surface area contributed by atoms with E-state index in [1.807, 2.05) is 6.07 Å². The first-order chi connectivity index (χ1) is 11.5. The third-order valence-electron chi connectivity index (χ3n) is 4.97. The third kappa shape index (κ3) is 3.34. The number of hydrogen-bond acceptors (Lipinski definition) is 4. The van der Waals surface area contributed by atoms with E-state index in [1.165, 1.54) is 5.56 Å². The summed E-state index contributed by atoms with van der Waals surface area (Å²) in [5.41, 5.74) is 2.12. The summed E-state index contributed by atoms with van der Waals surface area (Å²) >= 11 is 0. The largest absolute Gasteiger partial charge is 0.476 e. The number of aliphatic hydroxyl groups is 1. The Balaban J connectivity index is 1.53. The van der Waals surface area contributed by atoms with Crippen molar-refractivity contribution in [3.8, 4) is 0 Å². The average molecular weight is 329 g/mol. The summed E-state index contributed by atoms with van der Waals surface area (Å²) in [7, 11) is 1.74. The van der Waals surface area contributed by atoms with Gasteiger partial charge in [-0.25, -0.2) is 4.79 Å². The van der Waals surface area contributed by atoms with E-state index in [1.54, 1.807) is 17.8 Å². The zero-order valence-corrected chi connectivity index (χ0v) is 13.8. The number of aryl methyl sites for hydroxylation is 1. The first kappa shape index (κ1) is 16.7. The minimum absolute atomic E-state index is 0.0546. The van der Waals surface area contributed by atoms with Crippen LogP contribution >= 0.6 is 0 Å². The van der Waals surface area contributed by atoms with Crippen molar-refractivity contribution in [2.24, 2.45) is 12.5 Å². The fraction of sp³-hybridized carbons (Fsp3) is 0.444. The number of carboxylic acids is 1. The number of carbonyl (C=O) groups is 1. The number of aromatic carboxylic acids is 1. The van der Waals surface area contributed by atoms with Gasteiger partial charge >= 0.3 is 5.97 Å². The Bertz CT molecular complexity index is 706. The van der Waals surface area contributed by atoms with E-state index in [4.69, 9.17) is 5.11 Å². The molecule has 0 radical (unpaired) electrons. The molecule has 6 nitrogen and oxygen atoms in total. The molecule has 24 heavy (non-hydrogen) atoms. The summed E-state index contributed by atoms with van der Waals surface area (Å²) in [4.78, 5) is 10.9. The Hall–Kier alpha value is -2.18. The number of rotatable bonds is 7. The average Bonchev–Trinajstić information content (AvgIpc) is 2.92. The highest BCUT2D eigenvalue weighted by atomic mass is 16.4. The number of nitrogens with zero attached hydrogens (tertiary/aromatic N) is 2. The molecule has 0 bridgehead atoms. The highest BCUT2D eigenvalue weighted by Gasteiger charge is 2.43. The number of nitrogens with one attached hydrogen (secondary N) is 1. The lowest BCUT2D eigenvalue weighted by Crippen LogP contribution is -2.46. The maximum atomic E-state index is 10.9. The number of aromatic nitrogens is 2. The summed E-state index contributed by atoms with van der Waals surface area (Å²) in [6.07, 6.45) is 1.93. The molecule has 1 fully saturated rings. The SMILES string of the molecule is Cn1nc(C(=O)O)cc1CNCC1(CO)CC(c2ccccc2)C1. The molecule has 0 saturated heterocycles. The third-order valence-corrected chi connectivity index (χ3v) is 4.97. The van der Waals surface area contributed by atoms with Gasteiger partial charge in [0.15, 0.2) is 5.69 Å². The van der Waals surface area contributed by atoms with E-state index in [2.05, 4.69) is 34.7 Å². The van der Waals surface area contributed by atoms with Gasteiger partial charge in [0.05, 0.1) is 5.69 Å². The molecular weight excluding hydrogens is 306 g/mol. The lowest BCUT2D eigenvalue weighted by Gasteiger charge is -2.47. The predicted octanol–water partition coefficient (Wildman–Crippen LogP) is 1.76. The highest BCUT2D eigenvalue weighted by molar-refractivity contribution is 5.85. The molecule has 128 valence electrons. The highest BCUT2D eigenvalue weighted by Crippen LogP contribution is 2.50. The molecule has 1 aliphatic rings. The lowest BCUT2D eigenvalue weighted by atomic mass is 9.60. The normalized spacial score (nSPS) is 23.0. The van der Waals surface area contributed by atoms with Crippen LogP contribution in [-0.4, -0.2) is 39.1 Å². The minimum atomic E-state index is -1.02. The molecule has 6 heteroatoms. The van der Waals surface area contributed by atoms with Crippen molar-refractivity contribution >= 4 is 5.97 Å². The fourth-order valence-corrected chi connectivity index (χ4v) is 3.51. The van der Waals surface area contributed by atoms with Gasteiger partial charge in [0.1, 0.15) is 0 Å². The summed E-state index contributed by atoms with van der Waals surface area (Å²) < 4.78 is 1.58. The molecule has 0 unspecified atom stereocenters. The van der Waals surface area contributed by atoms with Gasteiger partial charge in [-0.3, -0.25) is 4.68 Å². The van der Waals surface area contributed by atoms with Crippen LogP contribution < -0.4 is 5.32 Å². The number of aliphatic hydroxyl groups excluding tert-OH is 1. The molecule has 0 amide bonds. The van der Waals surface area contributed by atoms with E-state index in [0.717, 1.165) is 18.5 Å². The topological polar surface area (TPSA) is 87.4 Å². The Labute approximate surface area is 141 Å². The molecule has 3 rings (SSSR count). The Morgan fingerprint density at radius 1 is 1.38 bits per heavy atom. The van der Waals surface area contributed by atoms with Crippen molar-refractivity contribution in [2.45, 2.75) is 25.3 Å². The Morgan fingerprint density at radius 2 is 2.08 bits per heavy atom. The van der Waals surface area contributed by atoms with Gasteiger partial charge in [-0.15, -0.1) is 0 Å². The van der Waals surface area contributed by atoms with Crippen LogP contribution in [0.2, 0.25) is 0 Å². The Morgan fingerprint density at radius 3 is 2.67 bits per heavy atom. The first-order valence-corrected chi connectivity index (χ1v) is 8.16. The number of benzene rings is 1. The zero-order chi connectivity index (χ0) is 17.2. The molecule has 0 spiro atoms. The van der Waals surface area contributed by atoms with Gasteiger partial charge < -0.3 is 15.5 Å². The monoisotopic (exact) mass is 329 g/mol. The van der Waals surface area contributed by atoms with Gasteiger partial charge in [-0.2, -0.15) is 5.10 Å². The molecule has 1 heterocycles. The quantitative estimate of drug-likeness (QED) is 0.720. The van der Waals surface area contributed by atoms with Crippen molar-refractivity contribution in [2.75, 3.05) is 13.2 Å². The van der Waals surface area contributed by atoms with Crippen molar-refractivity contribution in [1.29, 1.82) is 0 Å². The summed E-state index contributed by atoms with van der Waals surface area (Å²) in [5, 5.41) is 26.1. The first-order valence-electron chi connectivity index (χ1n) is 8.16. The van der Waals surface area contributed by atoms with Crippen molar-refractivity contribution in [3.05, 3.63) is 53.3 Å². The van der Waals surface area contributed by atoms with E-state index in [0.29, 0.717) is 19.0 Å². The second-order valence-corrected chi connectivity index (χ2v) is 6.73. The molecule has 0 atom stereocenters. The van der Waals surface area contributed by atoms with Crippen molar-refractivity contribution in [3.63, 3.8) is 0 Å². The second kappa shape index (κ2) is 6.75. The summed E-state index contributed by atoms with van der Waals surface area (Å²) in [5.74, 6) is -0.510. The lowest BCUT2D eigenvalue weighted by molar-refractivity contribution is 0.0251. The second-order valence-electron chi connectivity index (χ2n) is 6.73. The van der Waals surface area contributed by atoms with Crippen molar-refractivity contribution < 1.29 is 15.0 Å². The molecular formula is C18H23N3O3. The van der Waals surface area contributed by atoms with Crippen LogP contribution in [0.4, 0.5) is 0 Å². The maximum absolute atomic E-state index is 10.9. The Kier molecular flexibility index (Phi) is 4.69. The maximum Gasteiger partial charge on any atom is 0.356 e. The van der Waals surface area contributed by atoms with Crippen LogP contribution in [0.1, 0.15) is 40.5 Å². The smallest absolute Gasteiger partial charge is 0.356 e. The van der Waals surface area contributed by atoms with Crippen LogP contribution in [0.5, 0.6) is 0 Å². The summed E-state index contributed by atoms with van der Waals surface area (Å²) in [6.45, 7) is 1.41. The minimum Gasteiger partial charge on any atom is -0.476 e. The van der Waals surface area contributed by atoms with E-state index in [-0.39, 0.29) is 17.7 Å². The van der Waals surface area contributed by atoms with E-state index < -0.39 is 5.97 Å². The fourth-order valence-electron chi connectivity index (χ4n) is 3.51. The van der Waals surface area contributed by atoms with Crippen LogP contribution in [0.15, 0.2) is 36.4 Å². The molecule has 1 saturated carbocycles. The molecule has 2 aromatic rings. The van der Waals surface area contributed by atoms with Gasteiger partial charge in [0.2, 0.25) is 0 Å². The molecule has 1 aliphatic carbocycles. The van der Waals surface area contributed by atoms with Crippen molar-refractivity contribution in [1.82, 2.24) is 15.1 Å². The van der Waals surface area contributed by atoms with E-state index >= 15 is 0 Å². The van der Waals surface area contributed by atoms with Gasteiger partial charge in [-0.1, -0.05) is 30.3 Å². The number of hydrogen-bond donors (Lipinski definition) is 3. The van der Waals surface area contributed by atoms with Crippen LogP contribution in [0, 0.1) is 5.41 Å². The zero-order valence-electron chi connectivity index (χ0n) is 13.8. The van der Waals surface area contributed by atoms with Crippen LogP contribution in [-0.2, 0) is 13.6 Å². The molecule has 0 aliphatic heterocycles. The molecule has 1 aromatic carbocycles. The summed E-state index contributed by atoms with van der Waals surface area (Å²) in [6, 6.07) is 12.0.